The number of carbonyl (C=O) groups is 1. The molecule has 0 radical (unpaired) electrons. The molecule has 27 heavy (non-hydrogen) atoms. The summed E-state index contributed by atoms with van der Waals surface area (Å²) in [5, 5.41) is 8.92. The molecule has 0 aliphatic carbocycles. The molecule has 0 bridgehead atoms. The van der Waals surface area contributed by atoms with E-state index in [-0.39, 0.29) is 17.8 Å². The molecule has 0 aliphatic rings. The number of carbonyl (C=O) groups excluding carboxylic acids is 1. The summed E-state index contributed by atoms with van der Waals surface area (Å²) in [4.78, 5) is 25.3. The highest BCUT2D eigenvalue weighted by molar-refractivity contribution is 7.12. The number of amides is 1. The Kier molecular flexibility index (Phi) is 4.71. The minimum absolute atomic E-state index is 0.120. The van der Waals surface area contributed by atoms with Gasteiger partial charge in [-0.2, -0.15) is 4.98 Å². The maximum atomic E-state index is 12.5. The normalized spacial score (nSPS) is 11.9. The van der Waals surface area contributed by atoms with Gasteiger partial charge in [0.2, 0.25) is 5.82 Å². The fourth-order valence-electron chi connectivity index (χ4n) is 2.49. The second-order valence-corrected chi connectivity index (χ2v) is 6.64. The zero-order valence-corrected chi connectivity index (χ0v) is 15.2. The molecule has 0 unspecified atom stereocenters. The highest BCUT2D eigenvalue weighted by Gasteiger charge is 2.18. The lowest BCUT2D eigenvalue weighted by Crippen LogP contribution is -2.26. The van der Waals surface area contributed by atoms with Crippen molar-refractivity contribution in [3.63, 3.8) is 0 Å². The largest absolute Gasteiger partial charge is 0.343 e. The molecular weight excluding hydrogens is 362 g/mol. The lowest BCUT2D eigenvalue weighted by atomic mass is 10.1. The summed E-state index contributed by atoms with van der Waals surface area (Å²) in [5.74, 6) is 0.386. The Morgan fingerprint density at radius 3 is 2.67 bits per heavy atom. The molecule has 3 aromatic heterocycles. The van der Waals surface area contributed by atoms with E-state index in [1.807, 2.05) is 49.4 Å². The average molecular weight is 377 g/mol. The molecule has 0 saturated carbocycles. The summed E-state index contributed by atoms with van der Waals surface area (Å²) in [5.41, 5.74) is 2.10. The van der Waals surface area contributed by atoms with Gasteiger partial charge >= 0.3 is 0 Å². The molecule has 0 aliphatic heterocycles. The SMILES string of the molecule is C[C@H](NC(=O)c1nc(-c2nc(-c3ccccn3)no2)cs1)c1ccccc1. The van der Waals surface area contributed by atoms with Crippen molar-refractivity contribution in [1.82, 2.24) is 25.4 Å². The van der Waals surface area contributed by atoms with Crippen LogP contribution in [0.15, 0.2) is 64.6 Å². The molecule has 134 valence electrons. The zero-order chi connectivity index (χ0) is 18.6. The van der Waals surface area contributed by atoms with Crippen LogP contribution in [0.5, 0.6) is 0 Å². The molecule has 4 rings (SSSR count). The van der Waals surface area contributed by atoms with Gasteiger partial charge in [0.25, 0.3) is 11.8 Å². The number of hydrogen-bond acceptors (Lipinski definition) is 7. The molecule has 0 spiro atoms. The minimum Gasteiger partial charge on any atom is -0.343 e. The van der Waals surface area contributed by atoms with Gasteiger partial charge in [0.1, 0.15) is 11.4 Å². The quantitative estimate of drug-likeness (QED) is 0.569. The molecule has 8 heteroatoms. The molecule has 3 heterocycles. The third-order valence-corrected chi connectivity index (χ3v) is 4.73. The number of hydrogen-bond donors (Lipinski definition) is 1. The van der Waals surface area contributed by atoms with Crippen LogP contribution in [-0.2, 0) is 0 Å². The summed E-state index contributed by atoms with van der Waals surface area (Å²) in [6.45, 7) is 1.93. The van der Waals surface area contributed by atoms with E-state index in [4.69, 9.17) is 4.52 Å². The highest BCUT2D eigenvalue weighted by Crippen LogP contribution is 2.23. The number of nitrogens with zero attached hydrogens (tertiary/aromatic N) is 4. The topological polar surface area (TPSA) is 93.8 Å². The predicted octanol–water partition coefficient (Wildman–Crippen LogP) is 3.75. The van der Waals surface area contributed by atoms with Crippen molar-refractivity contribution in [1.29, 1.82) is 0 Å². The van der Waals surface area contributed by atoms with Gasteiger partial charge in [0.15, 0.2) is 5.01 Å². The number of benzene rings is 1. The zero-order valence-electron chi connectivity index (χ0n) is 14.4. The molecule has 0 fully saturated rings. The Morgan fingerprint density at radius 2 is 1.89 bits per heavy atom. The Balaban J connectivity index is 1.49. The fraction of sp³-hybridized carbons (Fsp3) is 0.105. The monoisotopic (exact) mass is 377 g/mol. The van der Waals surface area contributed by atoms with Gasteiger partial charge in [-0.1, -0.05) is 41.6 Å². The van der Waals surface area contributed by atoms with Crippen LogP contribution in [0.4, 0.5) is 0 Å². The van der Waals surface area contributed by atoms with Gasteiger partial charge in [-0.05, 0) is 24.6 Å². The number of aromatic nitrogens is 4. The summed E-state index contributed by atoms with van der Waals surface area (Å²) in [6, 6.07) is 15.1. The maximum absolute atomic E-state index is 12.5. The first-order chi connectivity index (χ1) is 13.2. The smallest absolute Gasteiger partial charge is 0.280 e. The Labute approximate surface area is 159 Å². The third kappa shape index (κ3) is 3.75. The van der Waals surface area contributed by atoms with Gasteiger partial charge < -0.3 is 9.84 Å². The summed E-state index contributed by atoms with van der Waals surface area (Å²) >= 11 is 1.23. The number of pyridine rings is 1. The first kappa shape index (κ1) is 17.0. The second-order valence-electron chi connectivity index (χ2n) is 5.78. The minimum atomic E-state index is -0.243. The van der Waals surface area contributed by atoms with Crippen LogP contribution in [-0.4, -0.2) is 26.0 Å². The second kappa shape index (κ2) is 7.46. The third-order valence-electron chi connectivity index (χ3n) is 3.88. The summed E-state index contributed by atoms with van der Waals surface area (Å²) < 4.78 is 5.26. The number of rotatable bonds is 5. The van der Waals surface area contributed by atoms with E-state index >= 15 is 0 Å². The van der Waals surface area contributed by atoms with E-state index in [9.17, 15) is 4.79 Å². The molecule has 1 amide bonds. The van der Waals surface area contributed by atoms with Crippen LogP contribution >= 0.6 is 11.3 Å². The van der Waals surface area contributed by atoms with Crippen molar-refractivity contribution < 1.29 is 9.32 Å². The van der Waals surface area contributed by atoms with E-state index in [0.29, 0.717) is 22.2 Å². The molecule has 1 aromatic carbocycles. The highest BCUT2D eigenvalue weighted by atomic mass is 32.1. The molecule has 1 atom stereocenters. The van der Waals surface area contributed by atoms with Gasteiger partial charge in [-0.25, -0.2) is 4.98 Å². The van der Waals surface area contributed by atoms with E-state index in [1.54, 1.807) is 17.6 Å². The van der Waals surface area contributed by atoms with Gasteiger partial charge in [0.05, 0.1) is 6.04 Å². The van der Waals surface area contributed by atoms with Crippen molar-refractivity contribution >= 4 is 17.2 Å². The molecule has 0 saturated heterocycles. The van der Waals surface area contributed by atoms with Crippen molar-refractivity contribution in [3.05, 3.63) is 70.7 Å². The van der Waals surface area contributed by atoms with Crippen LogP contribution in [0, 0.1) is 0 Å². The molecule has 1 N–H and O–H groups in total. The maximum Gasteiger partial charge on any atom is 0.280 e. The van der Waals surface area contributed by atoms with Gasteiger partial charge in [0, 0.05) is 11.6 Å². The van der Waals surface area contributed by atoms with Crippen LogP contribution in [0.25, 0.3) is 23.1 Å². The first-order valence-corrected chi connectivity index (χ1v) is 9.15. The lowest BCUT2D eigenvalue weighted by Gasteiger charge is -2.12. The Bertz CT molecular complexity index is 1050. The van der Waals surface area contributed by atoms with Gasteiger partial charge in [-0.3, -0.25) is 9.78 Å². The summed E-state index contributed by atoms with van der Waals surface area (Å²) in [7, 11) is 0. The van der Waals surface area contributed by atoms with Crippen molar-refractivity contribution in [3.8, 4) is 23.1 Å². The molecule has 7 nitrogen and oxygen atoms in total. The predicted molar refractivity (Wildman–Crippen MR) is 101 cm³/mol. The standard InChI is InChI=1S/C19H15N5O2S/c1-12(13-7-3-2-4-8-13)21-17(25)19-22-15(11-27-19)18-23-16(24-26-18)14-9-5-6-10-20-14/h2-12H,1H3,(H,21,25)/t12-/m0/s1. The van der Waals surface area contributed by atoms with Crippen LogP contribution in [0.1, 0.15) is 28.3 Å². The number of thiazole rings is 1. The molecular formula is C19H15N5O2S. The van der Waals surface area contributed by atoms with E-state index in [0.717, 1.165) is 5.56 Å². The van der Waals surface area contributed by atoms with Crippen molar-refractivity contribution in [2.24, 2.45) is 0 Å². The Morgan fingerprint density at radius 1 is 1.07 bits per heavy atom. The number of nitrogens with one attached hydrogen (secondary N) is 1. The van der Waals surface area contributed by atoms with Gasteiger partial charge in [-0.15, -0.1) is 11.3 Å². The molecule has 4 aromatic rings. The van der Waals surface area contributed by atoms with Crippen LogP contribution < -0.4 is 5.32 Å². The van der Waals surface area contributed by atoms with Crippen LogP contribution in [0.3, 0.4) is 0 Å². The first-order valence-electron chi connectivity index (χ1n) is 8.27. The lowest BCUT2D eigenvalue weighted by molar-refractivity contribution is 0.0939. The van der Waals surface area contributed by atoms with E-state index < -0.39 is 0 Å². The average Bonchev–Trinajstić information content (AvgIpc) is 3.39. The van der Waals surface area contributed by atoms with Crippen molar-refractivity contribution in [2.45, 2.75) is 13.0 Å². The van der Waals surface area contributed by atoms with E-state index in [1.165, 1.54) is 11.3 Å². The van der Waals surface area contributed by atoms with Crippen LogP contribution in [0.2, 0.25) is 0 Å². The van der Waals surface area contributed by atoms with E-state index in [2.05, 4.69) is 25.4 Å². The summed E-state index contributed by atoms with van der Waals surface area (Å²) in [6.07, 6.45) is 1.66. The van der Waals surface area contributed by atoms with Crippen molar-refractivity contribution in [2.75, 3.05) is 0 Å². The fourth-order valence-corrected chi connectivity index (χ4v) is 3.18. The Hall–Kier alpha value is -3.39.